The summed E-state index contributed by atoms with van der Waals surface area (Å²) in [5, 5.41) is 0. The maximum absolute atomic E-state index is 3.65. The summed E-state index contributed by atoms with van der Waals surface area (Å²) in [5.41, 5.74) is 10.4. The van der Waals surface area contributed by atoms with E-state index in [0.29, 0.717) is 0 Å². The van der Waals surface area contributed by atoms with Crippen LogP contribution in [0.2, 0.25) is 0 Å². The molecule has 5 aromatic rings. The van der Waals surface area contributed by atoms with Crippen LogP contribution < -0.4 is 24.8 Å². The molecule has 1 saturated carbocycles. The van der Waals surface area contributed by atoms with Crippen molar-refractivity contribution in [3.05, 3.63) is 139 Å². The van der Waals surface area contributed by atoms with Gasteiger partial charge in [0.2, 0.25) is 0 Å². The van der Waals surface area contributed by atoms with Gasteiger partial charge < -0.3 is 24.8 Å². The Bertz CT molecular complexity index is 1330. The monoisotopic (exact) mass is 638 g/mol. The fraction of sp³-hybridized carbons (Fsp3) is 0.189. The van der Waals surface area contributed by atoms with Crippen molar-refractivity contribution in [3.8, 4) is 33.4 Å². The predicted octanol–water partition coefficient (Wildman–Crippen LogP) is 3.87. The first-order valence-corrected chi connectivity index (χ1v) is 15.0. The molecule has 3 heteroatoms. The van der Waals surface area contributed by atoms with E-state index in [1.165, 1.54) is 83.0 Å². The van der Waals surface area contributed by atoms with Crippen molar-refractivity contribution in [3.63, 3.8) is 0 Å². The number of hydrogen-bond acceptors (Lipinski definition) is 0. The Hall–Kier alpha value is -2.44. The molecule has 0 saturated heterocycles. The van der Waals surface area contributed by atoms with E-state index in [0.717, 1.165) is 6.42 Å². The summed E-state index contributed by atoms with van der Waals surface area (Å²) in [7, 11) is 0. The summed E-state index contributed by atoms with van der Waals surface area (Å²) in [6.07, 6.45) is 9.76. The summed E-state index contributed by atoms with van der Waals surface area (Å²) in [6, 6.07) is 46.0. The average molecular weight is 641 g/mol. The molecule has 202 valence electrons. The molecule has 0 aromatic heterocycles. The van der Waals surface area contributed by atoms with Crippen LogP contribution in [0.4, 0.5) is 0 Å². The predicted molar refractivity (Wildman–Crippen MR) is 159 cm³/mol. The summed E-state index contributed by atoms with van der Waals surface area (Å²) < 4.78 is 1.81. The van der Waals surface area contributed by atoms with Crippen molar-refractivity contribution in [2.45, 2.75) is 44.9 Å². The molecule has 0 aliphatic heterocycles. The second-order valence-corrected chi connectivity index (χ2v) is 11.8. The molecular weight excluding hydrogens is 607 g/mol. The van der Waals surface area contributed by atoms with Gasteiger partial charge in [0.15, 0.2) is 0 Å². The van der Waals surface area contributed by atoms with Crippen LogP contribution in [0.1, 0.15) is 49.7 Å². The first kappa shape index (κ1) is 32.1. The van der Waals surface area contributed by atoms with Crippen molar-refractivity contribution in [1.29, 1.82) is 0 Å². The fourth-order valence-electron chi connectivity index (χ4n) is 5.20. The minimum absolute atomic E-state index is 0. The molecule has 0 nitrogen and oxygen atoms in total. The molecule has 0 radical (unpaired) electrons. The van der Waals surface area contributed by atoms with Gasteiger partial charge in [0.1, 0.15) is 0 Å². The zero-order chi connectivity index (χ0) is 26.0. The summed E-state index contributed by atoms with van der Waals surface area (Å²) in [6.45, 7) is 0. The molecule has 0 bridgehead atoms. The van der Waals surface area contributed by atoms with Crippen molar-refractivity contribution >= 4 is 3.21 Å². The van der Waals surface area contributed by atoms with Gasteiger partial charge in [0.05, 0.1) is 0 Å². The molecule has 40 heavy (non-hydrogen) atoms. The zero-order valence-electron chi connectivity index (χ0n) is 22.8. The minimum Gasteiger partial charge on any atom is -0.214 e. The second-order valence-electron chi connectivity index (χ2n) is 10.0. The molecule has 0 heterocycles. The largest absolute Gasteiger partial charge is 0.214 e. The standard InChI is InChI=1S/C25H17.C7H12.C5H5.2ClH.Zr/c1-3-7-18(8-4-1)20-11-13-24-22(15-20)17-23-16-21(12-14-25(23)24)19-9-5-2-6-10-19;1-2-4-6-7-5-3-1;1-2-4-5-3-1;;;/h1-15H,17H2;1-6H2;1-5H;2*1H;/q-1;;-1;;;+2/p-2. The van der Waals surface area contributed by atoms with Crippen molar-refractivity contribution in [2.75, 3.05) is 0 Å². The zero-order valence-corrected chi connectivity index (χ0v) is 26.7. The first-order chi connectivity index (χ1) is 18.8. The molecule has 0 unspecified atom stereocenters. The number of halogens is 2. The van der Waals surface area contributed by atoms with Crippen LogP contribution in [-0.2, 0) is 30.7 Å². The van der Waals surface area contributed by atoms with E-state index in [4.69, 9.17) is 0 Å². The molecule has 5 aromatic carbocycles. The van der Waals surface area contributed by atoms with Gasteiger partial charge in [0, 0.05) is 0 Å². The fourth-order valence-corrected chi connectivity index (χ4v) is 6.07. The van der Waals surface area contributed by atoms with Gasteiger partial charge >= 0.3 is 66.0 Å². The number of hydrogen-bond donors (Lipinski definition) is 0. The van der Waals surface area contributed by atoms with E-state index in [1.807, 2.05) is 33.5 Å². The summed E-state index contributed by atoms with van der Waals surface area (Å²) in [5.74, 6) is 0. The van der Waals surface area contributed by atoms with E-state index in [-0.39, 0.29) is 24.8 Å². The minimum atomic E-state index is 0. The van der Waals surface area contributed by atoms with Crippen molar-refractivity contribution < 1.29 is 49.0 Å². The van der Waals surface area contributed by atoms with Crippen LogP contribution in [0.3, 0.4) is 0 Å². The molecule has 7 rings (SSSR count). The van der Waals surface area contributed by atoms with Crippen LogP contribution in [0.15, 0.2) is 121 Å². The third kappa shape index (κ3) is 8.78. The average Bonchev–Trinajstić information content (AvgIpc) is 3.62. The molecular formula is C37H34Cl2Zr-2. The quantitative estimate of drug-likeness (QED) is 0.199. The van der Waals surface area contributed by atoms with E-state index in [9.17, 15) is 0 Å². The van der Waals surface area contributed by atoms with Crippen molar-refractivity contribution in [2.24, 2.45) is 0 Å². The van der Waals surface area contributed by atoms with E-state index >= 15 is 0 Å². The number of benzene rings is 4. The topological polar surface area (TPSA) is 0 Å². The van der Waals surface area contributed by atoms with Crippen LogP contribution in [-0.4, -0.2) is 3.21 Å². The normalized spacial score (nSPS) is 13.0. The molecule has 0 spiro atoms. The summed E-state index contributed by atoms with van der Waals surface area (Å²) >= 11 is 1.69. The third-order valence-electron chi connectivity index (χ3n) is 7.24. The second kappa shape index (κ2) is 16.7. The maximum atomic E-state index is 3.65. The van der Waals surface area contributed by atoms with Crippen LogP contribution in [0.5, 0.6) is 0 Å². The Morgan fingerprint density at radius 2 is 1.18 bits per heavy atom. The van der Waals surface area contributed by atoms with Gasteiger partial charge in [-0.15, -0.1) is 29.3 Å². The first-order valence-electron chi connectivity index (χ1n) is 13.8. The van der Waals surface area contributed by atoms with Gasteiger partial charge in [0.25, 0.3) is 0 Å². The molecule has 0 amide bonds. The Morgan fingerprint density at radius 3 is 1.77 bits per heavy atom. The van der Waals surface area contributed by atoms with Crippen LogP contribution in [0, 0.1) is 6.07 Å². The number of rotatable bonds is 2. The Kier molecular flexibility index (Phi) is 13.4. The van der Waals surface area contributed by atoms with Gasteiger partial charge in [-0.1, -0.05) is 95.6 Å². The molecule has 2 aliphatic rings. The van der Waals surface area contributed by atoms with Crippen LogP contribution in [0.25, 0.3) is 33.4 Å². The van der Waals surface area contributed by atoms with Gasteiger partial charge in [-0.3, -0.25) is 0 Å². The van der Waals surface area contributed by atoms with Gasteiger partial charge in [-0.2, -0.15) is 18.2 Å². The Morgan fingerprint density at radius 1 is 0.575 bits per heavy atom. The smallest absolute Gasteiger partial charge is 0.0181 e. The Labute approximate surface area is 267 Å². The van der Waals surface area contributed by atoms with Gasteiger partial charge in [-0.25, -0.2) is 12.1 Å². The molecule has 0 N–H and O–H groups in total. The van der Waals surface area contributed by atoms with E-state index in [1.54, 1.807) is 24.2 Å². The summed E-state index contributed by atoms with van der Waals surface area (Å²) in [4.78, 5) is 0. The van der Waals surface area contributed by atoms with E-state index < -0.39 is 0 Å². The maximum Gasteiger partial charge on any atom is -0.0181 e. The Balaban J connectivity index is 0.000000244. The third-order valence-corrected chi connectivity index (χ3v) is 8.47. The van der Waals surface area contributed by atoms with Crippen molar-refractivity contribution in [1.82, 2.24) is 0 Å². The molecule has 0 atom stereocenters. The van der Waals surface area contributed by atoms with Crippen LogP contribution >= 0.6 is 0 Å². The number of fused-ring (bicyclic) bond motifs is 3. The molecule has 2 aliphatic carbocycles. The molecule has 1 fully saturated rings. The SMILES string of the molecule is [Cl-].[Cl-].[Zr+2]=[C]1CCCCCC1.[c-]1c(-c2ccccc2)ccc2c1Cc1cc(-c3ccccc3)ccc1-2.c1cc[cH-]c1. The van der Waals surface area contributed by atoms with E-state index in [2.05, 4.69) is 97.1 Å². The van der Waals surface area contributed by atoms with Gasteiger partial charge in [-0.05, 0) is 23.1 Å².